The number of nitrogen functional groups attached to an aromatic ring is 1. The number of nitrogens with two attached hydrogens (primary N) is 1. The Morgan fingerprint density at radius 3 is 1.78 bits per heavy atom. The van der Waals surface area contributed by atoms with Gasteiger partial charge in [0.05, 0.1) is 0 Å². The molecule has 0 heterocycles. The molecule has 0 fully saturated rings. The number of anilines is 1. The number of alkyl halides is 7. The van der Waals surface area contributed by atoms with Crippen LogP contribution in [0, 0.1) is 0 Å². The zero-order valence-electron chi connectivity index (χ0n) is 8.74. The van der Waals surface area contributed by atoms with E-state index in [2.05, 4.69) is 0 Å². The maximum atomic E-state index is 13.3. The minimum Gasteiger partial charge on any atom is -0.399 e. The molecule has 18 heavy (non-hydrogen) atoms. The van der Waals surface area contributed by atoms with Gasteiger partial charge in [-0.3, -0.25) is 0 Å². The van der Waals surface area contributed by atoms with Gasteiger partial charge in [0.15, 0.2) is 0 Å². The lowest BCUT2D eigenvalue weighted by molar-refractivity contribution is -0.340. The van der Waals surface area contributed by atoms with Crippen molar-refractivity contribution in [1.29, 1.82) is 0 Å². The molecule has 0 aliphatic rings. The summed E-state index contributed by atoms with van der Waals surface area (Å²) in [7, 11) is 0. The number of rotatable bonds is 2. The van der Waals surface area contributed by atoms with Crippen molar-refractivity contribution in [3.63, 3.8) is 0 Å². The fourth-order valence-electron chi connectivity index (χ4n) is 1.35. The minimum atomic E-state index is -6.05. The Bertz CT molecular complexity index is 407. The first kappa shape index (κ1) is 14.6. The van der Waals surface area contributed by atoms with Crippen LogP contribution in [0.3, 0.4) is 0 Å². The van der Waals surface area contributed by atoms with Crippen molar-refractivity contribution in [3.05, 3.63) is 29.8 Å². The van der Waals surface area contributed by atoms with Crippen LogP contribution in [-0.4, -0.2) is 18.0 Å². The second-order valence-corrected chi connectivity index (χ2v) is 3.72. The third-order valence-electron chi connectivity index (χ3n) is 2.30. The molecule has 2 N–H and O–H groups in total. The SMILES string of the molecule is Nc1cccc(CC(F)(C(F)(F)F)C(F)(F)F)c1. The van der Waals surface area contributed by atoms with E-state index in [1.54, 1.807) is 0 Å². The highest BCUT2D eigenvalue weighted by Crippen LogP contribution is 2.48. The average molecular weight is 275 g/mol. The maximum absolute atomic E-state index is 13.3. The fraction of sp³-hybridized carbons (Fsp3) is 0.400. The summed E-state index contributed by atoms with van der Waals surface area (Å²) in [6.07, 6.45) is -13.9. The van der Waals surface area contributed by atoms with Gasteiger partial charge in [-0.25, -0.2) is 4.39 Å². The molecule has 0 saturated heterocycles. The second kappa shape index (κ2) is 4.33. The molecule has 0 bridgehead atoms. The van der Waals surface area contributed by atoms with Gasteiger partial charge in [-0.1, -0.05) is 12.1 Å². The first-order valence-electron chi connectivity index (χ1n) is 4.64. The standard InChI is InChI=1S/C10H8F7N/c11-8(9(12,13)14,10(15,16)17)5-6-2-1-3-7(18)4-6/h1-4H,5,18H2. The number of benzene rings is 1. The number of hydrogen-bond acceptors (Lipinski definition) is 1. The molecule has 0 spiro atoms. The Kier molecular flexibility index (Phi) is 3.51. The molecule has 0 amide bonds. The first-order valence-corrected chi connectivity index (χ1v) is 4.64. The van der Waals surface area contributed by atoms with Crippen molar-refractivity contribution in [1.82, 2.24) is 0 Å². The molecule has 1 nitrogen and oxygen atoms in total. The van der Waals surface area contributed by atoms with Crippen molar-refractivity contribution >= 4 is 5.69 Å². The van der Waals surface area contributed by atoms with E-state index >= 15 is 0 Å². The molecule has 0 saturated carbocycles. The average Bonchev–Trinajstić information content (AvgIpc) is 2.13. The Morgan fingerprint density at radius 1 is 0.889 bits per heavy atom. The summed E-state index contributed by atoms with van der Waals surface area (Å²) in [5.74, 6) is 0. The molecule has 0 atom stereocenters. The lowest BCUT2D eigenvalue weighted by Gasteiger charge is -2.30. The lowest BCUT2D eigenvalue weighted by atomic mass is 9.94. The monoisotopic (exact) mass is 275 g/mol. The van der Waals surface area contributed by atoms with Crippen molar-refractivity contribution < 1.29 is 30.7 Å². The first-order chi connectivity index (χ1) is 7.97. The van der Waals surface area contributed by atoms with Crippen molar-refractivity contribution in [2.45, 2.75) is 24.4 Å². The summed E-state index contributed by atoms with van der Waals surface area (Å²) < 4.78 is 86.9. The van der Waals surface area contributed by atoms with Gasteiger partial charge in [-0.15, -0.1) is 0 Å². The molecule has 8 heteroatoms. The quantitative estimate of drug-likeness (QED) is 0.647. The van der Waals surface area contributed by atoms with Gasteiger partial charge >= 0.3 is 18.0 Å². The molecule has 1 rings (SSSR count). The second-order valence-electron chi connectivity index (χ2n) is 3.72. The molecule has 1 aromatic rings. The molecule has 0 unspecified atom stereocenters. The van der Waals surface area contributed by atoms with Crippen LogP contribution in [0.15, 0.2) is 24.3 Å². The van der Waals surface area contributed by atoms with Crippen molar-refractivity contribution in [2.75, 3.05) is 5.73 Å². The van der Waals surface area contributed by atoms with Gasteiger partial charge in [0, 0.05) is 12.1 Å². The molecule has 0 aliphatic heterocycles. The third-order valence-corrected chi connectivity index (χ3v) is 2.30. The van der Waals surface area contributed by atoms with Crippen LogP contribution in [0.1, 0.15) is 5.56 Å². The smallest absolute Gasteiger partial charge is 0.399 e. The van der Waals surface area contributed by atoms with Crippen LogP contribution in [-0.2, 0) is 6.42 Å². The summed E-state index contributed by atoms with van der Waals surface area (Å²) in [5.41, 5.74) is -0.595. The normalized spacial score (nSPS) is 13.7. The van der Waals surface area contributed by atoms with Crippen molar-refractivity contribution in [2.24, 2.45) is 0 Å². The summed E-state index contributed by atoms with van der Waals surface area (Å²) >= 11 is 0. The van der Waals surface area contributed by atoms with Gasteiger partial charge in [0.2, 0.25) is 0 Å². The Labute approximate surface area is 97.4 Å². The van der Waals surface area contributed by atoms with E-state index in [1.165, 1.54) is 6.07 Å². The van der Waals surface area contributed by atoms with Gasteiger partial charge < -0.3 is 5.73 Å². The predicted octanol–water partition coefficient (Wildman–Crippen LogP) is 3.64. The van der Waals surface area contributed by atoms with Gasteiger partial charge in [0.25, 0.3) is 0 Å². The Balaban J connectivity index is 3.16. The molecule has 1 aromatic carbocycles. The largest absolute Gasteiger partial charge is 0.431 e. The zero-order chi connectivity index (χ0) is 14.2. The van der Waals surface area contributed by atoms with Crippen LogP contribution in [0.2, 0.25) is 0 Å². The van der Waals surface area contributed by atoms with Crippen LogP contribution < -0.4 is 5.73 Å². The fourth-order valence-corrected chi connectivity index (χ4v) is 1.35. The highest BCUT2D eigenvalue weighted by Gasteiger charge is 2.72. The zero-order valence-corrected chi connectivity index (χ0v) is 8.74. The Hall–Kier alpha value is -1.47. The third kappa shape index (κ3) is 2.68. The summed E-state index contributed by atoms with van der Waals surface area (Å²) in [6.45, 7) is 0. The van der Waals surface area contributed by atoms with Crippen molar-refractivity contribution in [3.8, 4) is 0 Å². The molecule has 102 valence electrons. The van der Waals surface area contributed by atoms with Gasteiger partial charge in [-0.2, -0.15) is 26.3 Å². The van der Waals surface area contributed by atoms with Crippen LogP contribution in [0.4, 0.5) is 36.4 Å². The topological polar surface area (TPSA) is 26.0 Å². The molecular formula is C10H8F7N. The van der Waals surface area contributed by atoms with E-state index < -0.39 is 30.0 Å². The van der Waals surface area contributed by atoms with E-state index in [0.29, 0.717) is 0 Å². The van der Waals surface area contributed by atoms with E-state index in [9.17, 15) is 30.7 Å². The highest BCUT2D eigenvalue weighted by molar-refractivity contribution is 5.41. The molecule has 0 aliphatic carbocycles. The lowest BCUT2D eigenvalue weighted by Crippen LogP contribution is -2.54. The minimum absolute atomic E-state index is 0.0424. The van der Waals surface area contributed by atoms with E-state index in [1.807, 2.05) is 0 Å². The molecule has 0 aromatic heterocycles. The summed E-state index contributed by atoms with van der Waals surface area (Å²) in [4.78, 5) is 0. The van der Waals surface area contributed by atoms with Gasteiger partial charge in [-0.05, 0) is 17.7 Å². The van der Waals surface area contributed by atoms with E-state index in [-0.39, 0.29) is 5.69 Å². The van der Waals surface area contributed by atoms with Crippen LogP contribution in [0.25, 0.3) is 0 Å². The van der Waals surface area contributed by atoms with Gasteiger partial charge in [0.1, 0.15) is 0 Å². The van der Waals surface area contributed by atoms with E-state index in [0.717, 1.165) is 18.2 Å². The molecular weight excluding hydrogens is 267 g/mol. The molecule has 0 radical (unpaired) electrons. The summed E-state index contributed by atoms with van der Waals surface area (Å²) in [5, 5.41) is 0. The van der Waals surface area contributed by atoms with Crippen LogP contribution >= 0.6 is 0 Å². The number of halogens is 7. The number of hydrogen-bond donors (Lipinski definition) is 1. The van der Waals surface area contributed by atoms with Crippen LogP contribution in [0.5, 0.6) is 0 Å². The summed E-state index contributed by atoms with van der Waals surface area (Å²) in [6, 6.07) is 4.23. The Morgan fingerprint density at radius 2 is 1.39 bits per heavy atom. The van der Waals surface area contributed by atoms with E-state index in [4.69, 9.17) is 5.73 Å². The maximum Gasteiger partial charge on any atom is 0.431 e. The predicted molar refractivity (Wildman–Crippen MR) is 50.5 cm³/mol. The highest BCUT2D eigenvalue weighted by atomic mass is 19.4.